The third-order valence-electron chi connectivity index (χ3n) is 9.65. The Morgan fingerprint density at radius 1 is 0.282 bits per heavy atom. The van der Waals surface area contributed by atoms with Gasteiger partial charge >= 0.3 is 29.8 Å². The second kappa shape index (κ2) is 36.0. The number of hydrogen-bond donors (Lipinski definition) is 0. The van der Waals surface area contributed by atoms with Crippen LogP contribution in [-0.2, 0) is 80.8 Å². The monoisotopic (exact) mass is 1580 g/mol. The van der Waals surface area contributed by atoms with Gasteiger partial charge in [-0.25, -0.2) is 0 Å². The molecule has 418 valence electrons. The van der Waals surface area contributed by atoms with Crippen molar-refractivity contribution in [2.75, 3.05) is 106 Å². The van der Waals surface area contributed by atoms with Crippen LogP contribution in [0.2, 0.25) is 0 Å². The summed E-state index contributed by atoms with van der Waals surface area (Å²) in [5, 5.41) is 0. The largest absolute Gasteiger partial charge is 0.462 e. The molecule has 0 spiro atoms. The molecule has 0 aromatic heterocycles. The molecular formula is C49H85I5O17. The molecule has 0 bridgehead atoms. The second-order valence-electron chi connectivity index (χ2n) is 22.2. The van der Waals surface area contributed by atoms with Gasteiger partial charge in [-0.2, -0.15) is 0 Å². The molecule has 0 saturated heterocycles. The lowest BCUT2D eigenvalue weighted by atomic mass is 9.92. The maximum atomic E-state index is 12.7. The van der Waals surface area contributed by atoms with Gasteiger partial charge in [0.1, 0.15) is 71.0 Å². The second-order valence-corrected chi connectivity index (χ2v) is 28.4. The highest BCUT2D eigenvalue weighted by molar-refractivity contribution is 14.1. The molecule has 0 heterocycles. The number of alkyl halides is 5. The minimum absolute atomic E-state index is 0.000637. The van der Waals surface area contributed by atoms with Crippen molar-refractivity contribution in [2.45, 2.75) is 142 Å². The maximum Gasteiger partial charge on any atom is 0.319 e. The number of carbonyl (C=O) groups excluding carboxylic acids is 5. The molecule has 0 aliphatic heterocycles. The fourth-order valence-corrected chi connectivity index (χ4v) is 6.03. The lowest BCUT2D eigenvalue weighted by Gasteiger charge is -2.25. The summed E-state index contributed by atoms with van der Waals surface area (Å²) in [5.41, 5.74) is -1.39. The first-order valence-corrected chi connectivity index (χ1v) is 30.0. The Morgan fingerprint density at radius 3 is 0.634 bits per heavy atom. The highest BCUT2D eigenvalue weighted by Gasteiger charge is 2.34. The van der Waals surface area contributed by atoms with E-state index in [9.17, 15) is 24.0 Å². The Hall–Kier alpha value is 0.720. The van der Waals surface area contributed by atoms with Crippen LogP contribution in [0.1, 0.15) is 104 Å². The van der Waals surface area contributed by atoms with Crippen LogP contribution >= 0.6 is 113 Å². The predicted molar refractivity (Wildman–Crippen MR) is 314 cm³/mol. The highest BCUT2D eigenvalue weighted by atomic mass is 127. The van der Waals surface area contributed by atoms with Gasteiger partial charge in [-0.15, -0.1) is 0 Å². The number of esters is 5. The first-order chi connectivity index (χ1) is 32.6. The number of rotatable bonds is 35. The van der Waals surface area contributed by atoms with E-state index in [0.29, 0.717) is 0 Å². The van der Waals surface area contributed by atoms with Crippen LogP contribution in [0.15, 0.2) is 0 Å². The molecule has 71 heavy (non-hydrogen) atoms. The molecule has 7 atom stereocenters. The molecule has 0 rings (SSSR count). The zero-order valence-corrected chi connectivity index (χ0v) is 55.6. The summed E-state index contributed by atoms with van der Waals surface area (Å²) in [7, 11) is 0. The van der Waals surface area contributed by atoms with Gasteiger partial charge in [0.2, 0.25) is 0 Å². The van der Waals surface area contributed by atoms with E-state index in [2.05, 4.69) is 113 Å². The average molecular weight is 1580 g/mol. The number of halogens is 5. The van der Waals surface area contributed by atoms with E-state index >= 15 is 0 Å². The van der Waals surface area contributed by atoms with E-state index in [1.807, 2.05) is 104 Å². The molecule has 7 unspecified atom stereocenters. The van der Waals surface area contributed by atoms with E-state index in [4.69, 9.17) is 56.8 Å². The molecule has 0 aliphatic rings. The summed E-state index contributed by atoms with van der Waals surface area (Å²) in [4.78, 5) is 63.1. The summed E-state index contributed by atoms with van der Waals surface area (Å²) in [6.07, 6.45) is -1.87. The van der Waals surface area contributed by atoms with Crippen molar-refractivity contribution < 1.29 is 80.8 Å². The summed E-state index contributed by atoms with van der Waals surface area (Å²) >= 11 is 10.4. The molecule has 0 aliphatic carbocycles. The van der Waals surface area contributed by atoms with Crippen molar-refractivity contribution in [1.29, 1.82) is 0 Å². The molecule has 22 heteroatoms. The number of carbonyl (C=O) groups is 5. The Balaban J connectivity index is 5.96. The van der Waals surface area contributed by atoms with Crippen LogP contribution in [0, 0.1) is 27.1 Å². The van der Waals surface area contributed by atoms with E-state index in [0.717, 1.165) is 0 Å². The van der Waals surface area contributed by atoms with Crippen molar-refractivity contribution in [3.05, 3.63) is 0 Å². The molecule has 0 saturated carbocycles. The molecule has 0 aromatic rings. The summed E-state index contributed by atoms with van der Waals surface area (Å²) in [6.45, 7) is 30.4. The van der Waals surface area contributed by atoms with Gasteiger partial charge in [0.05, 0.1) is 72.7 Å². The number of hydrogen-bond acceptors (Lipinski definition) is 17. The highest BCUT2D eigenvalue weighted by Crippen LogP contribution is 2.30. The average Bonchev–Trinajstić information content (AvgIpc) is 3.26. The lowest BCUT2D eigenvalue weighted by Crippen LogP contribution is -2.35. The van der Waals surface area contributed by atoms with Crippen LogP contribution in [0.5, 0.6) is 0 Å². The topological polar surface area (TPSA) is 196 Å². The minimum atomic E-state index is -0.653. The zero-order valence-electron chi connectivity index (χ0n) is 44.8. The Bertz CT molecular complexity index is 1450. The summed E-state index contributed by atoms with van der Waals surface area (Å²) < 4.78 is 67.9. The van der Waals surface area contributed by atoms with Crippen molar-refractivity contribution in [2.24, 2.45) is 27.1 Å². The fourth-order valence-electron chi connectivity index (χ4n) is 5.13. The van der Waals surface area contributed by atoms with E-state index in [1.165, 1.54) is 0 Å². The van der Waals surface area contributed by atoms with Gasteiger partial charge in [-0.05, 0) is 27.1 Å². The summed E-state index contributed by atoms with van der Waals surface area (Å²) in [5.74, 6) is -1.67. The van der Waals surface area contributed by atoms with Gasteiger partial charge in [-0.3, -0.25) is 24.0 Å². The Kier molecular flexibility index (Phi) is 36.4. The third kappa shape index (κ3) is 33.6. The smallest absolute Gasteiger partial charge is 0.319 e. The van der Waals surface area contributed by atoms with Gasteiger partial charge < -0.3 is 56.8 Å². The van der Waals surface area contributed by atoms with Crippen LogP contribution in [0.3, 0.4) is 0 Å². The minimum Gasteiger partial charge on any atom is -0.462 e. The predicted octanol–water partition coefficient (Wildman–Crippen LogP) is 9.17. The first kappa shape index (κ1) is 71.7. The normalized spacial score (nSPS) is 16.2. The lowest BCUT2D eigenvalue weighted by molar-refractivity contribution is -0.152. The van der Waals surface area contributed by atoms with Crippen LogP contribution in [0.4, 0.5) is 0 Å². The van der Waals surface area contributed by atoms with Crippen molar-refractivity contribution in [1.82, 2.24) is 0 Å². The Labute approximate surface area is 493 Å². The van der Waals surface area contributed by atoms with Crippen LogP contribution < -0.4 is 0 Å². The molecule has 17 nitrogen and oxygen atoms in total. The molecule has 0 fully saturated rings. The van der Waals surface area contributed by atoms with Crippen LogP contribution in [-0.4, -0.2) is 173 Å². The molecule has 0 amide bonds. The van der Waals surface area contributed by atoms with Crippen LogP contribution in [0.25, 0.3) is 0 Å². The van der Waals surface area contributed by atoms with E-state index in [1.54, 1.807) is 0 Å². The van der Waals surface area contributed by atoms with Gasteiger partial charge in [0, 0.05) is 0 Å². The van der Waals surface area contributed by atoms with E-state index in [-0.39, 0.29) is 182 Å². The zero-order chi connectivity index (χ0) is 54.8. The van der Waals surface area contributed by atoms with Gasteiger partial charge in [0.25, 0.3) is 0 Å². The third-order valence-corrected chi connectivity index (χ3v) is 21.5. The first-order valence-electron chi connectivity index (χ1n) is 23.8. The van der Waals surface area contributed by atoms with E-state index < -0.39 is 18.3 Å². The quantitative estimate of drug-likeness (QED) is 0.0191. The van der Waals surface area contributed by atoms with Crippen molar-refractivity contribution >= 4 is 143 Å². The van der Waals surface area contributed by atoms with Gasteiger partial charge in [-0.1, -0.05) is 217 Å². The molecule has 0 radical (unpaired) electrons. The molecule has 0 aromatic carbocycles. The van der Waals surface area contributed by atoms with Gasteiger partial charge in [0.15, 0.2) is 0 Å². The molecule has 0 N–H and O–H groups in total. The van der Waals surface area contributed by atoms with Crippen molar-refractivity contribution in [3.8, 4) is 0 Å². The SMILES string of the molecule is CC(C)(C)C(I)C(=O)OCCOCC(COCC(COCC(COCCOC(=O)C(I)C(C)(C)C)OCCOC(=O)C(I)C(C)(C)C)OCCOC(=O)C(I)C(C)(C)C)OCCOC(=O)C(I)C(C)(C)C. The van der Waals surface area contributed by atoms with Crippen molar-refractivity contribution in [3.63, 3.8) is 0 Å². The molecular weight excluding hydrogens is 1500 g/mol. The Morgan fingerprint density at radius 2 is 0.451 bits per heavy atom. The maximum absolute atomic E-state index is 12.7. The summed E-state index contributed by atoms with van der Waals surface area (Å²) in [6, 6.07) is 0. The standard InChI is InChI=1S/C49H85I5O17/c1-45(2,3)35(50)40(55)67-18-16-60-26-32(64-20-23-69-42(57)37(52)47(7,8)9)28-62-30-34(66-22-25-71-44(59)39(54)49(13,14)15)31-63-29-33(65-21-24-70-43(58)38(53)48(10,11)12)27-61-17-19-68-41(56)36(51)46(4,5)6/h32-39H,16-31H2,1-15H3. The number of ether oxygens (including phenoxy) is 12. The fraction of sp³-hybridized carbons (Fsp3) is 0.898.